The maximum atomic E-state index is 8.56. The minimum absolute atomic E-state index is 0.247. The van der Waals surface area contributed by atoms with Crippen LogP contribution < -0.4 is 0 Å². The number of aromatic nitrogens is 3. The fraction of sp³-hybridized carbons (Fsp3) is 0.333. The third kappa shape index (κ3) is 1.96. The summed E-state index contributed by atoms with van der Waals surface area (Å²) in [5, 5.41) is 12.5. The Balaban J connectivity index is 1.70. The fourth-order valence-corrected chi connectivity index (χ4v) is 1.97. The highest BCUT2D eigenvalue weighted by molar-refractivity contribution is 5.51. The summed E-state index contributed by atoms with van der Waals surface area (Å²) in [5.74, 6) is 1.45. The minimum Gasteiger partial charge on any atom is -0.339 e. The van der Waals surface area contributed by atoms with Gasteiger partial charge in [0.2, 0.25) is 11.7 Å². The van der Waals surface area contributed by atoms with Gasteiger partial charge >= 0.3 is 0 Å². The van der Waals surface area contributed by atoms with Crippen LogP contribution in [0.1, 0.15) is 11.8 Å². The number of nitrogens with zero attached hydrogens (tertiary/aromatic N) is 5. The van der Waals surface area contributed by atoms with Gasteiger partial charge in [0.05, 0.1) is 18.5 Å². The van der Waals surface area contributed by atoms with Crippen LogP contribution in [0.5, 0.6) is 0 Å². The highest BCUT2D eigenvalue weighted by Crippen LogP contribution is 2.26. The van der Waals surface area contributed by atoms with E-state index in [0.717, 1.165) is 18.7 Å². The largest absolute Gasteiger partial charge is 0.339 e. The molecule has 0 saturated carbocycles. The lowest BCUT2D eigenvalue weighted by molar-refractivity contribution is 0.142. The van der Waals surface area contributed by atoms with Gasteiger partial charge in [0.25, 0.3) is 0 Å². The van der Waals surface area contributed by atoms with E-state index in [1.165, 1.54) is 0 Å². The predicted octanol–water partition coefficient (Wildman–Crippen LogP) is 1.05. The molecule has 2 aromatic heterocycles. The molecule has 0 N–H and O–H groups in total. The Morgan fingerprint density at radius 1 is 1.50 bits per heavy atom. The molecule has 1 fully saturated rings. The predicted molar refractivity (Wildman–Crippen MR) is 62.3 cm³/mol. The number of rotatable bonds is 3. The van der Waals surface area contributed by atoms with Gasteiger partial charge in [0, 0.05) is 31.0 Å². The van der Waals surface area contributed by atoms with Crippen molar-refractivity contribution in [1.82, 2.24) is 20.0 Å². The molecular weight excluding hydrogens is 230 g/mol. The highest BCUT2D eigenvalue weighted by Gasteiger charge is 2.32. The molecule has 1 aliphatic rings. The van der Waals surface area contributed by atoms with E-state index < -0.39 is 0 Å². The number of hydrogen-bond donors (Lipinski definition) is 0. The smallest absolute Gasteiger partial charge is 0.232 e. The van der Waals surface area contributed by atoms with E-state index in [0.29, 0.717) is 18.3 Å². The first-order chi connectivity index (χ1) is 8.86. The standard InChI is InChI=1S/C12H11N5O/c13-3-5-17-7-10(8-17)12-15-11(16-18-12)9-2-1-4-14-6-9/h1-2,4,6,10H,5,7-8H2. The molecule has 0 atom stereocenters. The fourth-order valence-electron chi connectivity index (χ4n) is 1.97. The summed E-state index contributed by atoms with van der Waals surface area (Å²) in [6.07, 6.45) is 3.41. The summed E-state index contributed by atoms with van der Waals surface area (Å²) < 4.78 is 5.25. The lowest BCUT2D eigenvalue weighted by Gasteiger charge is -2.34. The molecule has 3 heterocycles. The Morgan fingerprint density at radius 3 is 3.11 bits per heavy atom. The van der Waals surface area contributed by atoms with Gasteiger partial charge in [-0.1, -0.05) is 5.16 Å². The zero-order valence-electron chi connectivity index (χ0n) is 9.65. The van der Waals surface area contributed by atoms with Crippen LogP contribution in [0.4, 0.5) is 0 Å². The molecule has 90 valence electrons. The van der Waals surface area contributed by atoms with Gasteiger partial charge in [-0.05, 0) is 12.1 Å². The quantitative estimate of drug-likeness (QED) is 0.747. The van der Waals surface area contributed by atoms with Crippen molar-refractivity contribution in [3.8, 4) is 17.5 Å². The summed E-state index contributed by atoms with van der Waals surface area (Å²) >= 11 is 0. The van der Waals surface area contributed by atoms with Crippen molar-refractivity contribution >= 4 is 0 Å². The Kier molecular flexibility index (Phi) is 2.74. The number of likely N-dealkylation sites (tertiary alicyclic amines) is 1. The van der Waals surface area contributed by atoms with Gasteiger partial charge in [-0.25, -0.2) is 0 Å². The molecule has 0 bridgehead atoms. The average molecular weight is 241 g/mol. The first-order valence-electron chi connectivity index (χ1n) is 5.70. The van der Waals surface area contributed by atoms with Crippen LogP contribution in [0.2, 0.25) is 0 Å². The second kappa shape index (κ2) is 4.55. The van der Waals surface area contributed by atoms with Gasteiger partial charge in [-0.2, -0.15) is 10.2 Å². The van der Waals surface area contributed by atoms with E-state index in [2.05, 4.69) is 21.2 Å². The molecule has 0 aliphatic carbocycles. The van der Waals surface area contributed by atoms with Crippen LogP contribution in [0.3, 0.4) is 0 Å². The molecule has 0 amide bonds. The molecule has 18 heavy (non-hydrogen) atoms. The third-order valence-electron chi connectivity index (χ3n) is 2.96. The molecule has 0 radical (unpaired) electrons. The lowest BCUT2D eigenvalue weighted by atomic mass is 10.0. The number of hydrogen-bond acceptors (Lipinski definition) is 6. The normalized spacial score (nSPS) is 16.2. The Labute approximate surface area is 104 Å². The number of pyridine rings is 1. The van der Waals surface area contributed by atoms with Crippen molar-refractivity contribution in [1.29, 1.82) is 5.26 Å². The lowest BCUT2D eigenvalue weighted by Crippen LogP contribution is -2.45. The van der Waals surface area contributed by atoms with Crippen molar-refractivity contribution in [2.45, 2.75) is 5.92 Å². The topological polar surface area (TPSA) is 78.8 Å². The Morgan fingerprint density at radius 2 is 2.39 bits per heavy atom. The Hall–Kier alpha value is -2.26. The van der Waals surface area contributed by atoms with Crippen molar-refractivity contribution in [2.75, 3.05) is 19.6 Å². The van der Waals surface area contributed by atoms with E-state index in [4.69, 9.17) is 9.78 Å². The van der Waals surface area contributed by atoms with E-state index in [1.807, 2.05) is 17.0 Å². The molecule has 0 aromatic carbocycles. The minimum atomic E-state index is 0.247. The summed E-state index contributed by atoms with van der Waals surface area (Å²) in [6, 6.07) is 5.85. The average Bonchev–Trinajstić information content (AvgIpc) is 2.83. The van der Waals surface area contributed by atoms with Crippen molar-refractivity contribution in [3.63, 3.8) is 0 Å². The van der Waals surface area contributed by atoms with Gasteiger partial charge in [-0.3, -0.25) is 9.88 Å². The second-order valence-corrected chi connectivity index (χ2v) is 4.25. The van der Waals surface area contributed by atoms with Gasteiger partial charge < -0.3 is 4.52 Å². The van der Waals surface area contributed by atoms with Crippen LogP contribution in [0.25, 0.3) is 11.4 Å². The van der Waals surface area contributed by atoms with Crippen LogP contribution >= 0.6 is 0 Å². The first kappa shape index (κ1) is 10.9. The zero-order valence-corrected chi connectivity index (χ0v) is 9.65. The zero-order chi connectivity index (χ0) is 12.4. The second-order valence-electron chi connectivity index (χ2n) is 4.25. The Bertz CT molecular complexity index is 568. The molecule has 6 heteroatoms. The molecule has 0 unspecified atom stereocenters. The van der Waals surface area contributed by atoms with Gasteiger partial charge in [0.1, 0.15) is 0 Å². The molecular formula is C12H11N5O. The van der Waals surface area contributed by atoms with Crippen molar-refractivity contribution in [3.05, 3.63) is 30.4 Å². The van der Waals surface area contributed by atoms with Crippen LogP contribution in [-0.2, 0) is 0 Å². The van der Waals surface area contributed by atoms with Gasteiger partial charge in [-0.15, -0.1) is 0 Å². The van der Waals surface area contributed by atoms with Crippen molar-refractivity contribution < 1.29 is 4.52 Å². The van der Waals surface area contributed by atoms with E-state index in [9.17, 15) is 0 Å². The monoisotopic (exact) mass is 241 g/mol. The summed E-state index contributed by atoms with van der Waals surface area (Å²) in [7, 11) is 0. The van der Waals surface area contributed by atoms with Gasteiger partial charge in [0.15, 0.2) is 0 Å². The molecule has 1 saturated heterocycles. The molecule has 6 nitrogen and oxygen atoms in total. The van der Waals surface area contributed by atoms with Crippen LogP contribution in [0, 0.1) is 11.3 Å². The maximum absolute atomic E-state index is 8.56. The molecule has 2 aromatic rings. The molecule has 0 spiro atoms. The summed E-state index contributed by atoms with van der Waals surface area (Å²) in [4.78, 5) is 10.4. The van der Waals surface area contributed by atoms with E-state index in [1.54, 1.807) is 12.4 Å². The first-order valence-corrected chi connectivity index (χ1v) is 5.70. The third-order valence-corrected chi connectivity index (χ3v) is 2.96. The number of nitriles is 1. The van der Waals surface area contributed by atoms with Crippen molar-refractivity contribution in [2.24, 2.45) is 0 Å². The molecule has 3 rings (SSSR count). The van der Waals surface area contributed by atoms with Crippen LogP contribution in [-0.4, -0.2) is 39.7 Å². The summed E-state index contributed by atoms with van der Waals surface area (Å²) in [6.45, 7) is 2.07. The SMILES string of the molecule is N#CCN1CC(c2nc(-c3cccnc3)no2)C1. The molecule has 1 aliphatic heterocycles. The van der Waals surface area contributed by atoms with E-state index >= 15 is 0 Å². The summed E-state index contributed by atoms with van der Waals surface area (Å²) in [5.41, 5.74) is 0.848. The maximum Gasteiger partial charge on any atom is 0.232 e. The van der Waals surface area contributed by atoms with Crippen LogP contribution in [0.15, 0.2) is 29.0 Å². The van der Waals surface area contributed by atoms with E-state index in [-0.39, 0.29) is 5.92 Å². The highest BCUT2D eigenvalue weighted by atomic mass is 16.5.